The minimum absolute atomic E-state index is 0.0392. The molecule has 2 rings (SSSR count). The van der Waals surface area contributed by atoms with Crippen molar-refractivity contribution in [1.82, 2.24) is 0 Å². The molecule has 5 atom stereocenters. The van der Waals surface area contributed by atoms with Gasteiger partial charge in [-0.2, -0.15) is 0 Å². The molecule has 0 spiro atoms. The molecule has 0 aromatic carbocycles. The predicted molar refractivity (Wildman–Crippen MR) is 44.5 cm³/mol. The maximum absolute atomic E-state index is 11.2. The molecule has 0 amide bonds. The summed E-state index contributed by atoms with van der Waals surface area (Å²) in [7, 11) is -1.44. The SMILES string of the molecule is CS(=O)[C@]1(O)CO[C@@H]2[C@H](O)CO[C@@H]21. The van der Waals surface area contributed by atoms with Crippen LogP contribution in [0.1, 0.15) is 0 Å². The summed E-state index contributed by atoms with van der Waals surface area (Å²) >= 11 is 0. The molecular weight excluding hydrogens is 196 g/mol. The highest BCUT2D eigenvalue weighted by atomic mass is 32.2. The van der Waals surface area contributed by atoms with Crippen molar-refractivity contribution in [2.45, 2.75) is 23.2 Å². The van der Waals surface area contributed by atoms with Gasteiger partial charge < -0.3 is 19.7 Å². The van der Waals surface area contributed by atoms with E-state index in [1.54, 1.807) is 0 Å². The number of aliphatic hydroxyl groups excluding tert-OH is 1. The van der Waals surface area contributed by atoms with Gasteiger partial charge in [-0.15, -0.1) is 0 Å². The topological polar surface area (TPSA) is 76.0 Å². The van der Waals surface area contributed by atoms with Crippen LogP contribution in [0.3, 0.4) is 0 Å². The highest BCUT2D eigenvalue weighted by molar-refractivity contribution is 7.85. The molecule has 0 aromatic heterocycles. The molecule has 0 bridgehead atoms. The van der Waals surface area contributed by atoms with Gasteiger partial charge in [0.1, 0.15) is 18.3 Å². The molecule has 1 unspecified atom stereocenters. The Hall–Kier alpha value is -0.0100. The van der Waals surface area contributed by atoms with Crippen molar-refractivity contribution < 1.29 is 23.9 Å². The van der Waals surface area contributed by atoms with E-state index >= 15 is 0 Å². The Morgan fingerprint density at radius 3 is 2.85 bits per heavy atom. The second-order valence-corrected chi connectivity index (χ2v) is 5.01. The Balaban J connectivity index is 2.23. The van der Waals surface area contributed by atoms with Gasteiger partial charge in [0.2, 0.25) is 0 Å². The number of aliphatic hydroxyl groups is 2. The molecule has 2 N–H and O–H groups in total. The first-order valence-electron chi connectivity index (χ1n) is 4.03. The lowest BCUT2D eigenvalue weighted by molar-refractivity contribution is -0.0163. The molecule has 5 nitrogen and oxygen atoms in total. The van der Waals surface area contributed by atoms with Gasteiger partial charge >= 0.3 is 0 Å². The number of rotatable bonds is 1. The maximum Gasteiger partial charge on any atom is 0.191 e. The molecular formula is C7H12O5S. The summed E-state index contributed by atoms with van der Waals surface area (Å²) in [6, 6.07) is 0. The van der Waals surface area contributed by atoms with Crippen LogP contribution in [-0.2, 0) is 20.3 Å². The fourth-order valence-electron chi connectivity index (χ4n) is 1.72. The average Bonchev–Trinajstić information content (AvgIpc) is 2.57. The summed E-state index contributed by atoms with van der Waals surface area (Å²) in [5, 5.41) is 19.2. The van der Waals surface area contributed by atoms with Gasteiger partial charge in [0.05, 0.1) is 24.0 Å². The van der Waals surface area contributed by atoms with Crippen molar-refractivity contribution in [2.24, 2.45) is 0 Å². The van der Waals surface area contributed by atoms with Crippen molar-refractivity contribution in [3.05, 3.63) is 0 Å². The summed E-state index contributed by atoms with van der Waals surface area (Å²) in [5.74, 6) is 0. The number of hydrogen-bond donors (Lipinski definition) is 2. The standard InChI is InChI=1S/C7H12O5S/c1-13(10)7(9)3-12-5-4(8)2-11-6(5)7/h4-6,8-9H,2-3H2,1H3/t4-,5-,6+,7-,13?/m1/s1. The lowest BCUT2D eigenvalue weighted by atomic mass is 10.1. The Morgan fingerprint density at radius 1 is 1.54 bits per heavy atom. The summed E-state index contributed by atoms with van der Waals surface area (Å²) in [4.78, 5) is -1.46. The molecule has 2 fully saturated rings. The molecule has 0 aromatic rings. The van der Waals surface area contributed by atoms with Crippen LogP contribution >= 0.6 is 0 Å². The van der Waals surface area contributed by atoms with Crippen LogP contribution in [0.2, 0.25) is 0 Å². The third-order valence-corrected chi connectivity index (χ3v) is 3.89. The molecule has 2 aliphatic rings. The Morgan fingerprint density at radius 2 is 2.23 bits per heavy atom. The van der Waals surface area contributed by atoms with Gasteiger partial charge in [0, 0.05) is 6.26 Å². The molecule has 76 valence electrons. The summed E-state index contributed by atoms with van der Waals surface area (Å²) in [6.45, 7) is 0.0946. The van der Waals surface area contributed by atoms with E-state index in [-0.39, 0.29) is 13.2 Å². The third-order valence-electron chi connectivity index (χ3n) is 2.55. The Labute approximate surface area is 78.1 Å². The van der Waals surface area contributed by atoms with Crippen molar-refractivity contribution >= 4 is 10.8 Å². The second kappa shape index (κ2) is 2.99. The Bertz CT molecular complexity index is 245. The van der Waals surface area contributed by atoms with E-state index in [0.29, 0.717) is 0 Å². The molecule has 0 aliphatic carbocycles. The zero-order valence-corrected chi connectivity index (χ0v) is 7.99. The predicted octanol–water partition coefficient (Wildman–Crippen LogP) is -1.79. The number of fused-ring (bicyclic) bond motifs is 1. The van der Waals surface area contributed by atoms with E-state index in [1.807, 2.05) is 0 Å². The molecule has 13 heavy (non-hydrogen) atoms. The van der Waals surface area contributed by atoms with Crippen molar-refractivity contribution in [2.75, 3.05) is 19.5 Å². The maximum atomic E-state index is 11.2. The number of hydrogen-bond acceptors (Lipinski definition) is 5. The van der Waals surface area contributed by atoms with Gasteiger partial charge in [-0.25, -0.2) is 0 Å². The van der Waals surface area contributed by atoms with Crippen LogP contribution in [0.5, 0.6) is 0 Å². The van der Waals surface area contributed by atoms with Crippen LogP contribution in [0.15, 0.2) is 0 Å². The fourth-order valence-corrected chi connectivity index (χ4v) is 2.49. The van der Waals surface area contributed by atoms with Crippen LogP contribution in [0.25, 0.3) is 0 Å². The van der Waals surface area contributed by atoms with E-state index < -0.39 is 34.0 Å². The first kappa shape index (κ1) is 9.54. The van der Waals surface area contributed by atoms with Gasteiger partial charge in [0.25, 0.3) is 0 Å². The van der Waals surface area contributed by atoms with Gasteiger partial charge in [-0.3, -0.25) is 4.21 Å². The average molecular weight is 208 g/mol. The van der Waals surface area contributed by atoms with Crippen molar-refractivity contribution in [1.29, 1.82) is 0 Å². The molecule has 0 saturated carbocycles. The van der Waals surface area contributed by atoms with E-state index in [2.05, 4.69) is 0 Å². The molecule has 0 radical (unpaired) electrons. The highest BCUT2D eigenvalue weighted by Crippen LogP contribution is 2.35. The Kier molecular flexibility index (Phi) is 2.20. The second-order valence-electron chi connectivity index (χ2n) is 3.40. The quantitative estimate of drug-likeness (QED) is 0.532. The summed E-state index contributed by atoms with van der Waals surface area (Å²) in [5.41, 5.74) is 0. The lowest BCUT2D eigenvalue weighted by Gasteiger charge is -2.23. The summed E-state index contributed by atoms with van der Waals surface area (Å²) in [6.07, 6.45) is -0.510. The van der Waals surface area contributed by atoms with Gasteiger partial charge in [0.15, 0.2) is 4.93 Å². The fraction of sp³-hybridized carbons (Fsp3) is 1.00. The molecule has 2 saturated heterocycles. The normalized spacial score (nSPS) is 52.1. The van der Waals surface area contributed by atoms with E-state index in [9.17, 15) is 14.4 Å². The number of ether oxygens (including phenoxy) is 2. The minimum Gasteiger partial charge on any atom is -0.388 e. The first-order chi connectivity index (χ1) is 6.05. The van der Waals surface area contributed by atoms with Crippen molar-refractivity contribution in [3.63, 3.8) is 0 Å². The zero-order chi connectivity index (χ0) is 9.64. The molecule has 6 heteroatoms. The zero-order valence-electron chi connectivity index (χ0n) is 7.17. The van der Waals surface area contributed by atoms with Gasteiger partial charge in [-0.05, 0) is 0 Å². The van der Waals surface area contributed by atoms with E-state index in [1.165, 1.54) is 6.26 Å². The lowest BCUT2D eigenvalue weighted by Crippen LogP contribution is -2.46. The van der Waals surface area contributed by atoms with Crippen LogP contribution in [0.4, 0.5) is 0 Å². The monoisotopic (exact) mass is 208 g/mol. The van der Waals surface area contributed by atoms with Crippen molar-refractivity contribution in [3.8, 4) is 0 Å². The van der Waals surface area contributed by atoms with Crippen LogP contribution in [0, 0.1) is 0 Å². The largest absolute Gasteiger partial charge is 0.388 e. The highest BCUT2D eigenvalue weighted by Gasteiger charge is 2.58. The van der Waals surface area contributed by atoms with E-state index in [0.717, 1.165) is 0 Å². The summed E-state index contributed by atoms with van der Waals surface area (Å²) < 4.78 is 21.5. The minimum atomic E-state index is -1.46. The smallest absolute Gasteiger partial charge is 0.191 e. The first-order valence-corrected chi connectivity index (χ1v) is 5.58. The van der Waals surface area contributed by atoms with Gasteiger partial charge in [-0.1, -0.05) is 0 Å². The molecule has 2 aliphatic heterocycles. The van der Waals surface area contributed by atoms with E-state index in [4.69, 9.17) is 9.47 Å². The molecule has 2 heterocycles. The van der Waals surface area contributed by atoms with Crippen LogP contribution in [-0.4, -0.2) is 57.1 Å². The van der Waals surface area contributed by atoms with Crippen LogP contribution < -0.4 is 0 Å². The third kappa shape index (κ3) is 1.25.